The number of sulfone groups is 1. The van der Waals surface area contributed by atoms with Crippen LogP contribution in [0.1, 0.15) is 5.56 Å². The average molecular weight is 252 g/mol. The van der Waals surface area contributed by atoms with E-state index in [9.17, 15) is 17.2 Å². The molecule has 0 spiro atoms. The number of halogens is 2. The highest BCUT2D eigenvalue weighted by Crippen LogP contribution is 2.30. The molecule has 90 valence electrons. The van der Waals surface area contributed by atoms with Gasteiger partial charge in [-0.2, -0.15) is 0 Å². The van der Waals surface area contributed by atoms with Crippen LogP contribution in [0.15, 0.2) is 11.0 Å². The minimum Gasteiger partial charge on any atom is -0.493 e. The molecular formula is C9H10F2O4S. The first-order valence-electron chi connectivity index (χ1n) is 4.18. The number of rotatable bonds is 3. The molecule has 0 unspecified atom stereocenters. The highest BCUT2D eigenvalue weighted by atomic mass is 32.2. The molecule has 0 aliphatic rings. The van der Waals surface area contributed by atoms with Crippen molar-refractivity contribution in [2.24, 2.45) is 0 Å². The fraction of sp³-hybridized carbons (Fsp3) is 0.333. The summed E-state index contributed by atoms with van der Waals surface area (Å²) in [5.74, 6) is -3.04. The number of benzene rings is 1. The van der Waals surface area contributed by atoms with E-state index in [2.05, 4.69) is 4.74 Å². The molecule has 0 aliphatic heterocycles. The van der Waals surface area contributed by atoms with Gasteiger partial charge in [-0.15, -0.1) is 0 Å². The molecule has 0 bridgehead atoms. The van der Waals surface area contributed by atoms with Gasteiger partial charge in [0.2, 0.25) is 0 Å². The normalized spacial score (nSPS) is 11.6. The molecule has 1 rings (SSSR count). The monoisotopic (exact) mass is 252 g/mol. The molecule has 0 aliphatic carbocycles. The van der Waals surface area contributed by atoms with Gasteiger partial charge in [-0.1, -0.05) is 0 Å². The van der Waals surface area contributed by atoms with E-state index in [1.807, 2.05) is 0 Å². The van der Waals surface area contributed by atoms with Crippen molar-refractivity contribution < 1.29 is 27.0 Å². The summed E-state index contributed by atoms with van der Waals surface area (Å²) in [6, 6.07) is 0.734. The van der Waals surface area contributed by atoms with Crippen molar-refractivity contribution in [3.63, 3.8) is 0 Å². The third-order valence-electron chi connectivity index (χ3n) is 1.95. The maximum absolute atomic E-state index is 13.6. The zero-order valence-electron chi connectivity index (χ0n) is 8.62. The lowest BCUT2D eigenvalue weighted by molar-refractivity contribution is 0.268. The van der Waals surface area contributed by atoms with Gasteiger partial charge in [-0.25, -0.2) is 17.2 Å². The third kappa shape index (κ3) is 2.14. The number of hydrogen-bond acceptors (Lipinski definition) is 4. The predicted molar refractivity (Wildman–Crippen MR) is 51.9 cm³/mol. The lowest BCUT2D eigenvalue weighted by Crippen LogP contribution is -2.08. The fourth-order valence-electron chi connectivity index (χ4n) is 1.31. The number of ether oxygens (including phenoxy) is 1. The first-order chi connectivity index (χ1) is 7.32. The Bertz CT molecular complexity index is 511. The molecule has 0 atom stereocenters. The van der Waals surface area contributed by atoms with Crippen LogP contribution < -0.4 is 4.74 Å². The molecule has 1 N–H and O–H groups in total. The Morgan fingerprint density at radius 3 is 2.38 bits per heavy atom. The van der Waals surface area contributed by atoms with Crippen LogP contribution >= 0.6 is 0 Å². The van der Waals surface area contributed by atoms with Gasteiger partial charge in [0.25, 0.3) is 0 Å². The van der Waals surface area contributed by atoms with Crippen LogP contribution in [0.4, 0.5) is 8.78 Å². The Morgan fingerprint density at radius 2 is 2.00 bits per heavy atom. The zero-order chi connectivity index (χ0) is 12.5. The summed E-state index contributed by atoms with van der Waals surface area (Å²) >= 11 is 0. The van der Waals surface area contributed by atoms with E-state index < -0.39 is 38.7 Å². The van der Waals surface area contributed by atoms with Gasteiger partial charge in [-0.05, 0) is 6.07 Å². The van der Waals surface area contributed by atoms with Crippen LogP contribution in [0.2, 0.25) is 0 Å². The molecule has 7 heteroatoms. The summed E-state index contributed by atoms with van der Waals surface area (Å²) in [6.07, 6.45) is 0.687. The van der Waals surface area contributed by atoms with E-state index >= 15 is 0 Å². The lowest BCUT2D eigenvalue weighted by atomic mass is 10.2. The largest absolute Gasteiger partial charge is 0.493 e. The predicted octanol–water partition coefficient (Wildman–Crippen LogP) is 0.869. The maximum atomic E-state index is 13.6. The van der Waals surface area contributed by atoms with E-state index in [0.717, 1.165) is 13.2 Å². The third-order valence-corrected chi connectivity index (χ3v) is 3.07. The highest BCUT2D eigenvalue weighted by Gasteiger charge is 2.25. The summed E-state index contributed by atoms with van der Waals surface area (Å²) in [5.41, 5.74) is -0.148. The molecule has 0 saturated carbocycles. The quantitative estimate of drug-likeness (QED) is 0.867. The average Bonchev–Trinajstić information content (AvgIpc) is 2.14. The first kappa shape index (κ1) is 12.9. The molecule has 1 aromatic carbocycles. The number of methoxy groups -OCH3 is 1. The summed E-state index contributed by atoms with van der Waals surface area (Å²) in [5, 5.41) is 8.83. The molecule has 0 radical (unpaired) electrons. The standard InChI is InChI=1S/C9H10F2O4S/c1-15-8-5(4-12)3-6(10)9(7(8)11)16(2,13)14/h3,12H,4H2,1-2H3. The van der Waals surface area contributed by atoms with Crippen LogP contribution in [0.25, 0.3) is 0 Å². The number of aliphatic hydroxyl groups is 1. The van der Waals surface area contributed by atoms with Gasteiger partial charge >= 0.3 is 0 Å². The SMILES string of the molecule is COc1c(CO)cc(F)c(S(C)(=O)=O)c1F. The van der Waals surface area contributed by atoms with E-state index in [1.54, 1.807) is 0 Å². The summed E-state index contributed by atoms with van der Waals surface area (Å²) < 4.78 is 53.8. The van der Waals surface area contributed by atoms with Crippen LogP contribution in [0, 0.1) is 11.6 Å². The van der Waals surface area contributed by atoms with E-state index in [-0.39, 0.29) is 5.56 Å². The molecule has 0 heterocycles. The maximum Gasteiger partial charge on any atom is 0.187 e. The summed E-state index contributed by atoms with van der Waals surface area (Å²) in [4.78, 5) is -1.05. The van der Waals surface area contributed by atoms with Gasteiger partial charge in [0.05, 0.1) is 13.7 Å². The van der Waals surface area contributed by atoms with E-state index in [1.165, 1.54) is 0 Å². The molecule has 0 fully saturated rings. The van der Waals surface area contributed by atoms with Crippen LogP contribution in [-0.2, 0) is 16.4 Å². The molecule has 4 nitrogen and oxygen atoms in total. The highest BCUT2D eigenvalue weighted by molar-refractivity contribution is 7.90. The van der Waals surface area contributed by atoms with Gasteiger partial charge in [0, 0.05) is 11.8 Å². The Hall–Kier alpha value is -1.21. The van der Waals surface area contributed by atoms with Crippen molar-refractivity contribution in [2.45, 2.75) is 11.5 Å². The molecule has 1 aromatic rings. The van der Waals surface area contributed by atoms with E-state index in [0.29, 0.717) is 6.26 Å². The second-order valence-electron chi connectivity index (χ2n) is 3.12. The Balaban J connectivity index is 3.67. The van der Waals surface area contributed by atoms with Crippen LogP contribution in [0.3, 0.4) is 0 Å². The minimum atomic E-state index is -4.03. The smallest absolute Gasteiger partial charge is 0.187 e. The van der Waals surface area contributed by atoms with Gasteiger partial charge in [0.1, 0.15) is 10.7 Å². The second kappa shape index (κ2) is 4.34. The van der Waals surface area contributed by atoms with Crippen molar-refractivity contribution in [1.82, 2.24) is 0 Å². The van der Waals surface area contributed by atoms with Crippen molar-refractivity contribution in [3.05, 3.63) is 23.3 Å². The molecule has 0 amide bonds. The number of hydrogen-bond donors (Lipinski definition) is 1. The zero-order valence-corrected chi connectivity index (χ0v) is 9.44. The van der Waals surface area contributed by atoms with Crippen molar-refractivity contribution in [3.8, 4) is 5.75 Å². The first-order valence-corrected chi connectivity index (χ1v) is 6.07. The lowest BCUT2D eigenvalue weighted by Gasteiger charge is -2.11. The van der Waals surface area contributed by atoms with Crippen molar-refractivity contribution in [2.75, 3.05) is 13.4 Å². The van der Waals surface area contributed by atoms with Crippen molar-refractivity contribution >= 4 is 9.84 Å². The Labute approximate surface area is 91.4 Å². The van der Waals surface area contributed by atoms with Gasteiger partial charge in [0.15, 0.2) is 21.4 Å². The minimum absolute atomic E-state index is 0.148. The van der Waals surface area contributed by atoms with E-state index in [4.69, 9.17) is 5.11 Å². The van der Waals surface area contributed by atoms with Crippen LogP contribution in [-0.4, -0.2) is 26.9 Å². The summed E-state index contributed by atoms with van der Waals surface area (Å²) in [6.45, 7) is -0.652. The molecular weight excluding hydrogens is 242 g/mol. The van der Waals surface area contributed by atoms with Gasteiger partial charge < -0.3 is 9.84 Å². The topological polar surface area (TPSA) is 63.6 Å². The van der Waals surface area contributed by atoms with Gasteiger partial charge in [-0.3, -0.25) is 0 Å². The fourth-order valence-corrected chi connectivity index (χ4v) is 2.14. The molecule has 16 heavy (non-hydrogen) atoms. The Morgan fingerprint density at radius 1 is 1.44 bits per heavy atom. The molecule has 0 aromatic heterocycles. The summed E-state index contributed by atoms with van der Waals surface area (Å²) in [7, 11) is -2.93. The Kier molecular flexibility index (Phi) is 3.49. The molecule has 0 saturated heterocycles. The van der Waals surface area contributed by atoms with Crippen molar-refractivity contribution in [1.29, 1.82) is 0 Å². The van der Waals surface area contributed by atoms with Crippen LogP contribution in [0.5, 0.6) is 5.75 Å². The number of aliphatic hydroxyl groups excluding tert-OH is 1. The second-order valence-corrected chi connectivity index (χ2v) is 5.08.